The Morgan fingerprint density at radius 2 is 0.714 bits per heavy atom. The van der Waals surface area contributed by atoms with Crippen molar-refractivity contribution in [3.05, 3.63) is 162 Å². The first-order chi connectivity index (χ1) is 57.7. The van der Waals surface area contributed by atoms with Gasteiger partial charge in [0.2, 0.25) is 0 Å². The Labute approximate surface area is 682 Å². The number of hydrogen-bond acceptors (Lipinski definition) is 24. The van der Waals surface area contributed by atoms with Crippen molar-refractivity contribution in [2.45, 2.75) is 52.7 Å². The van der Waals surface area contributed by atoms with Gasteiger partial charge < -0.3 is 86.8 Å². The average molecular weight is 1650 g/mol. The summed E-state index contributed by atoms with van der Waals surface area (Å²) in [5, 5.41) is 50.7. The van der Waals surface area contributed by atoms with Crippen LogP contribution in [0.4, 0.5) is 27.2 Å². The number of nitrogens with one attached hydrogen (secondary N) is 5. The van der Waals surface area contributed by atoms with E-state index in [1.54, 1.807) is 108 Å². The molecule has 4 amide bonds. The number of fused-ring (bicyclic) bond motifs is 3. The highest BCUT2D eigenvalue weighted by atomic mass is 19.1. The molecule has 15 rings (SSSR count). The van der Waals surface area contributed by atoms with Gasteiger partial charge in [-0.05, 0) is 96.1 Å². The summed E-state index contributed by atoms with van der Waals surface area (Å²) in [7, 11) is 3.64. The lowest BCUT2D eigenvalue weighted by molar-refractivity contribution is 0.0140. The van der Waals surface area contributed by atoms with Gasteiger partial charge in [0.25, 0.3) is 11.8 Å². The highest BCUT2D eigenvalue weighted by Crippen LogP contribution is 2.37. The number of methoxy groups -OCH3 is 3. The largest absolute Gasteiger partial charge is 0.488 e. The van der Waals surface area contributed by atoms with E-state index in [1.807, 2.05) is 58.6 Å². The molecule has 3 aliphatic rings. The molecule has 0 radical (unpaired) electrons. The minimum Gasteiger partial charge on any atom is -0.488 e. The summed E-state index contributed by atoms with van der Waals surface area (Å²) in [5.41, 5.74) is 7.29. The number of amides is 4. The van der Waals surface area contributed by atoms with Gasteiger partial charge in [0, 0.05) is 180 Å². The van der Waals surface area contributed by atoms with Crippen molar-refractivity contribution < 1.29 is 99.5 Å². The lowest BCUT2D eigenvalue weighted by atomic mass is 10.1. The summed E-state index contributed by atoms with van der Waals surface area (Å²) in [5.74, 6) is -1.23. The Bertz CT molecular complexity index is 5410. The van der Waals surface area contributed by atoms with Crippen molar-refractivity contribution in [2.75, 3.05) is 147 Å². The maximum absolute atomic E-state index is 14.6. The fraction of sp³-hybridized carbons (Fsp3) is 0.361. The van der Waals surface area contributed by atoms with Gasteiger partial charge in [0.05, 0.1) is 50.5 Å². The molecule has 0 saturated carbocycles. The zero-order valence-electron chi connectivity index (χ0n) is 68.0. The van der Waals surface area contributed by atoms with Crippen LogP contribution in [0.1, 0.15) is 74.0 Å². The standard InChI is InChI=1S/C29H32FN5O6.C24H24FN5O4.C20H16FN3O5.C9H18N2O2.CH3F/c1-29(2,3)40-28(37)35-11-9-34(10-12-35)27(36)19-7-5-18(6-8-19)22-16-25(41-33-22)26-20-15-21(30)24(39-14-13-38-4)17-23(20)31-32-26;1-32-10-11-33-21-14-20-17(12-18(21)25)23(28-27-20)22-13-19(29-34-22)15-2-4-16(5-3-15)24(31)30-8-6-26-7-9-30;1-27-6-7-28-17-10-16-13(8-14(17)21)19(23-22-16)18-9-15(24-29-18)11-2-4-12(5-3-11)20(25)26;1-9(2,3)13-8(12)11-6-4-10-5-7-11;1-2/h5-8,15-17H,9-14H2,1-4H3,(H,31,32);2-5,12-14,26H,6-11H2,1H3,(H,27,28);2-5,8-10H,6-7H2,1H3,(H,22,23)(H,25,26);10H,4-7H2,1-3H3;1H3/i;;;;1D. The number of alkyl halides is 1. The Hall–Kier alpha value is -12.8. The molecule has 6 aromatic carbocycles. The zero-order valence-corrected chi connectivity index (χ0v) is 67.0. The van der Waals surface area contributed by atoms with Crippen molar-refractivity contribution in [1.29, 1.82) is 0 Å². The fourth-order valence-corrected chi connectivity index (χ4v) is 12.4. The smallest absolute Gasteiger partial charge is 0.410 e. The number of nitrogens with zero attached hydrogens (tertiary/aromatic N) is 10. The molecule has 119 heavy (non-hydrogen) atoms. The number of carboxylic acids is 1. The van der Waals surface area contributed by atoms with E-state index >= 15 is 0 Å². The highest BCUT2D eigenvalue weighted by Gasteiger charge is 2.30. The van der Waals surface area contributed by atoms with E-state index in [9.17, 15) is 41.5 Å². The minimum absolute atomic E-state index is 0.0180. The lowest BCUT2D eigenvalue weighted by Gasteiger charge is -2.35. The topological polar surface area (TPSA) is 381 Å². The summed E-state index contributed by atoms with van der Waals surface area (Å²) in [6.45, 7) is 20.7. The molecular weight excluding hydrogens is 1550 g/mol. The zero-order chi connectivity index (χ0) is 85.6. The second kappa shape index (κ2) is 40.4. The second-order valence-electron chi connectivity index (χ2n) is 29.0. The average Bonchev–Trinajstić information content (AvgIpc) is 1.65. The molecule has 3 aliphatic heterocycles. The van der Waals surface area contributed by atoms with E-state index in [0.29, 0.717) is 160 Å². The number of hydrogen-bond donors (Lipinski definition) is 6. The number of H-pyrrole nitrogens is 3. The van der Waals surface area contributed by atoms with Crippen molar-refractivity contribution in [3.8, 4) is 85.4 Å². The Morgan fingerprint density at radius 3 is 1.02 bits per heavy atom. The summed E-state index contributed by atoms with van der Waals surface area (Å²) in [6, 6.07) is 34.3. The first-order valence-electron chi connectivity index (χ1n) is 38.6. The van der Waals surface area contributed by atoms with Crippen molar-refractivity contribution in [1.82, 2.24) is 76.3 Å². The molecule has 0 spiro atoms. The van der Waals surface area contributed by atoms with Crippen LogP contribution in [0.2, 0.25) is 0 Å². The number of carbonyl (C=O) groups is 5. The van der Waals surface area contributed by atoms with Crippen molar-refractivity contribution in [2.24, 2.45) is 0 Å². The summed E-state index contributed by atoms with van der Waals surface area (Å²) < 4.78 is 117. The third-order valence-corrected chi connectivity index (χ3v) is 18.4. The maximum Gasteiger partial charge on any atom is 0.410 e. The van der Waals surface area contributed by atoms with E-state index < -0.39 is 36.2 Å². The molecule has 9 heterocycles. The molecule has 36 heteroatoms. The Kier molecular flexibility index (Phi) is 29.1. The van der Waals surface area contributed by atoms with Crippen LogP contribution >= 0.6 is 0 Å². The van der Waals surface area contributed by atoms with Crippen LogP contribution in [0.15, 0.2) is 141 Å². The molecule has 3 fully saturated rings. The van der Waals surface area contributed by atoms with Gasteiger partial charge in [0.1, 0.15) is 65.2 Å². The normalized spacial score (nSPS) is 13.7. The number of piperazine rings is 3. The van der Waals surface area contributed by atoms with Crippen LogP contribution < -0.4 is 24.8 Å². The SMILES string of the molecule is CC(C)(C)OC(=O)N1CCNCC1.COCCOc1cc2[nH]nc(-c3cc(-c4ccc(C(=O)N5CCN(C(=O)OC(C)(C)C)CC5)cc4)no3)c2cc1F.COCCOc1cc2[nH]nc(-c3cc(-c4ccc(C(=O)N5CCNCC5)cc4)no3)c2cc1F.COCCOc1cc2[nH]nc(-c3cc(-c4ccc(C(=O)O)cc4)no3)c2cc1F.[2H]CF. The predicted molar refractivity (Wildman–Crippen MR) is 430 cm³/mol. The van der Waals surface area contributed by atoms with Crippen molar-refractivity contribution in [3.63, 3.8) is 0 Å². The van der Waals surface area contributed by atoms with Gasteiger partial charge in [-0.3, -0.25) is 29.3 Å². The third-order valence-electron chi connectivity index (χ3n) is 18.4. The molecule has 3 saturated heterocycles. The number of ether oxygens (including phenoxy) is 8. The molecule has 32 nitrogen and oxygen atoms in total. The molecule has 630 valence electrons. The third kappa shape index (κ3) is 22.7. The summed E-state index contributed by atoms with van der Waals surface area (Å²) >= 11 is 0. The van der Waals surface area contributed by atoms with Crippen molar-refractivity contribution >= 4 is 62.7 Å². The van der Waals surface area contributed by atoms with Crippen LogP contribution in [0, 0.1) is 17.5 Å². The van der Waals surface area contributed by atoms with Crippen LogP contribution in [-0.4, -0.2) is 259 Å². The number of rotatable bonds is 21. The van der Waals surface area contributed by atoms with Gasteiger partial charge >= 0.3 is 18.2 Å². The molecule has 6 aromatic heterocycles. The summed E-state index contributed by atoms with van der Waals surface area (Å²) in [6.07, 6.45) is -0.570. The fourth-order valence-electron chi connectivity index (χ4n) is 12.4. The number of carboxylic acid groups (broad SMARTS) is 1. The van der Waals surface area contributed by atoms with Gasteiger partial charge in [-0.2, -0.15) is 15.3 Å². The Balaban J connectivity index is 0.000000163. The lowest BCUT2D eigenvalue weighted by Crippen LogP contribution is -2.51. The second-order valence-corrected chi connectivity index (χ2v) is 29.0. The monoisotopic (exact) mass is 1650 g/mol. The number of carbonyl (C=O) groups excluding carboxylic acids is 4. The van der Waals surface area contributed by atoms with Crippen LogP contribution in [0.5, 0.6) is 17.2 Å². The van der Waals surface area contributed by atoms with E-state index in [-0.39, 0.29) is 72.2 Å². The highest BCUT2D eigenvalue weighted by molar-refractivity contribution is 5.98. The molecule has 0 bridgehead atoms. The number of benzene rings is 6. The van der Waals surface area contributed by atoms with Gasteiger partial charge in [-0.15, -0.1) is 0 Å². The number of aromatic carboxylic acids is 1. The van der Waals surface area contributed by atoms with Crippen LogP contribution in [-0.2, 0) is 23.7 Å². The van der Waals surface area contributed by atoms with E-state index in [2.05, 4.69) is 56.7 Å². The van der Waals surface area contributed by atoms with Gasteiger partial charge in [0.15, 0.2) is 52.0 Å². The van der Waals surface area contributed by atoms with Crippen LogP contribution in [0.25, 0.3) is 101 Å². The van der Waals surface area contributed by atoms with E-state index in [1.165, 1.54) is 43.5 Å². The first kappa shape index (κ1) is 85.6. The number of aromatic amines is 3. The van der Waals surface area contributed by atoms with E-state index in [4.69, 9.17) is 57.9 Å². The quantitative estimate of drug-likeness (QED) is 0.0287. The molecule has 0 aliphatic carbocycles. The first-order valence-corrected chi connectivity index (χ1v) is 37.9. The number of halogens is 4. The van der Waals surface area contributed by atoms with E-state index in [0.717, 1.165) is 50.4 Å². The minimum atomic E-state index is -1.01. The molecule has 0 unspecified atom stereocenters. The van der Waals surface area contributed by atoms with Gasteiger partial charge in [-0.25, -0.2) is 27.6 Å². The summed E-state index contributed by atoms with van der Waals surface area (Å²) in [4.78, 5) is 67.4. The van der Waals surface area contributed by atoms with Crippen LogP contribution in [0.3, 0.4) is 0 Å². The Morgan fingerprint density at radius 1 is 0.429 bits per heavy atom. The molecule has 0 atom stereocenters. The predicted octanol–water partition coefficient (Wildman–Crippen LogP) is 13.0. The molecular formula is C83H93F4N15O17. The van der Waals surface area contributed by atoms with Gasteiger partial charge in [-0.1, -0.05) is 51.9 Å². The number of aromatic nitrogens is 9. The molecule has 12 aromatic rings. The maximum atomic E-state index is 14.6. The molecule has 6 N–H and O–H groups in total.